The van der Waals surface area contributed by atoms with Crippen LogP contribution in [-0.2, 0) is 19.4 Å². The summed E-state index contributed by atoms with van der Waals surface area (Å²) in [5.41, 5.74) is 6.36. The molecule has 2 N–H and O–H groups in total. The number of hydrogen-bond acceptors (Lipinski definition) is 6. The highest BCUT2D eigenvalue weighted by molar-refractivity contribution is 5.79. The number of methoxy groups -OCH3 is 2. The minimum Gasteiger partial charge on any atom is -0.497 e. The Kier molecular flexibility index (Phi) is 6.51. The topological polar surface area (TPSA) is 82.3 Å². The largest absolute Gasteiger partial charge is 0.497 e. The molecule has 5 rings (SSSR count). The molecule has 1 fully saturated rings. The van der Waals surface area contributed by atoms with E-state index in [1.165, 1.54) is 5.56 Å². The Morgan fingerprint density at radius 2 is 1.65 bits per heavy atom. The molecule has 8 nitrogen and oxygen atoms in total. The third-order valence-electron chi connectivity index (χ3n) is 6.52. The molecule has 0 amide bonds. The van der Waals surface area contributed by atoms with Crippen LogP contribution in [-0.4, -0.2) is 77.4 Å². The second-order valence-electron chi connectivity index (χ2n) is 9.02. The molecule has 2 aromatic carbocycles. The number of nitrogens with one attached hydrogen (secondary N) is 2. The number of aromatic amines is 2. The van der Waals surface area contributed by atoms with Crippen LogP contribution in [0.3, 0.4) is 0 Å². The number of hydrogen-bond donors (Lipinski definition) is 2. The van der Waals surface area contributed by atoms with Crippen molar-refractivity contribution in [2.24, 2.45) is 0 Å². The first kappa shape index (κ1) is 22.4. The first-order valence-electron chi connectivity index (χ1n) is 11.8. The zero-order valence-electron chi connectivity index (χ0n) is 20.1. The molecule has 0 aliphatic carbocycles. The quantitative estimate of drug-likeness (QED) is 0.419. The number of benzene rings is 2. The fourth-order valence-electron chi connectivity index (χ4n) is 4.44. The van der Waals surface area contributed by atoms with E-state index in [0.29, 0.717) is 0 Å². The number of imidazole rings is 1. The summed E-state index contributed by atoms with van der Waals surface area (Å²) in [6, 6.07) is 14.5. The van der Waals surface area contributed by atoms with Crippen molar-refractivity contribution in [2.45, 2.75) is 19.4 Å². The summed E-state index contributed by atoms with van der Waals surface area (Å²) in [5, 5.41) is 7.67. The van der Waals surface area contributed by atoms with E-state index in [1.807, 2.05) is 18.2 Å². The highest BCUT2D eigenvalue weighted by atomic mass is 16.5. The molecule has 34 heavy (non-hydrogen) atoms. The third kappa shape index (κ3) is 5.08. The van der Waals surface area contributed by atoms with E-state index in [1.54, 1.807) is 14.2 Å². The number of likely N-dealkylation sites (N-methyl/N-ethyl adjacent to an activating group) is 1. The van der Waals surface area contributed by atoms with Gasteiger partial charge in [0.25, 0.3) is 0 Å². The van der Waals surface area contributed by atoms with Crippen molar-refractivity contribution in [3.63, 3.8) is 0 Å². The summed E-state index contributed by atoms with van der Waals surface area (Å²) < 4.78 is 10.8. The smallest absolute Gasteiger partial charge is 0.159 e. The van der Waals surface area contributed by atoms with Crippen molar-refractivity contribution in [2.75, 3.05) is 47.4 Å². The Balaban J connectivity index is 1.26. The second-order valence-corrected chi connectivity index (χ2v) is 9.02. The first-order valence-corrected chi connectivity index (χ1v) is 11.8. The summed E-state index contributed by atoms with van der Waals surface area (Å²) >= 11 is 0. The summed E-state index contributed by atoms with van der Waals surface area (Å²) in [6.07, 6.45) is 1.68. The van der Waals surface area contributed by atoms with Gasteiger partial charge in [-0.1, -0.05) is 6.07 Å². The van der Waals surface area contributed by atoms with Crippen molar-refractivity contribution >= 4 is 11.0 Å². The van der Waals surface area contributed by atoms with E-state index in [2.05, 4.69) is 56.3 Å². The molecule has 0 spiro atoms. The zero-order valence-corrected chi connectivity index (χ0v) is 20.1. The Bertz CT molecular complexity index is 1230. The lowest BCUT2D eigenvalue weighted by Crippen LogP contribution is -2.43. The molecule has 8 heteroatoms. The van der Waals surface area contributed by atoms with E-state index in [4.69, 9.17) is 14.5 Å². The van der Waals surface area contributed by atoms with Gasteiger partial charge < -0.3 is 19.4 Å². The Morgan fingerprint density at radius 3 is 2.38 bits per heavy atom. The average Bonchev–Trinajstić information content (AvgIpc) is 3.50. The molecule has 0 atom stereocenters. The molecular formula is C26H32N6O2. The minimum absolute atomic E-state index is 0.789. The van der Waals surface area contributed by atoms with Gasteiger partial charge in [-0.3, -0.25) is 10.00 Å². The molecule has 2 aromatic heterocycles. The summed E-state index contributed by atoms with van der Waals surface area (Å²) in [6.45, 7) is 5.44. The number of aryl methyl sites for hydroxylation is 2. The SMILES string of the molecule is COc1cc(CCc2cc(-c3nc4cc(CN5CCN(C)CC5)ccc4[nH]3)n[nH]2)cc(OC)c1. The van der Waals surface area contributed by atoms with Crippen LogP contribution in [0.2, 0.25) is 0 Å². The number of aromatic nitrogens is 4. The fourth-order valence-corrected chi connectivity index (χ4v) is 4.44. The molecule has 1 aliphatic rings. The van der Waals surface area contributed by atoms with E-state index in [0.717, 1.165) is 90.9 Å². The van der Waals surface area contributed by atoms with Crippen molar-refractivity contribution in [3.05, 3.63) is 59.3 Å². The van der Waals surface area contributed by atoms with Crippen molar-refractivity contribution < 1.29 is 9.47 Å². The molecular weight excluding hydrogens is 428 g/mol. The highest BCUT2D eigenvalue weighted by Crippen LogP contribution is 2.25. The summed E-state index contributed by atoms with van der Waals surface area (Å²) in [4.78, 5) is 13.1. The van der Waals surface area contributed by atoms with Gasteiger partial charge in [-0.25, -0.2) is 4.98 Å². The van der Waals surface area contributed by atoms with Gasteiger partial charge in [0, 0.05) is 44.5 Å². The molecule has 0 bridgehead atoms. The number of rotatable bonds is 8. The van der Waals surface area contributed by atoms with Gasteiger partial charge in [-0.2, -0.15) is 5.10 Å². The van der Waals surface area contributed by atoms with Crippen LogP contribution in [0, 0.1) is 0 Å². The summed E-state index contributed by atoms with van der Waals surface area (Å²) in [7, 11) is 5.52. The highest BCUT2D eigenvalue weighted by Gasteiger charge is 2.15. The van der Waals surface area contributed by atoms with Crippen LogP contribution in [0.1, 0.15) is 16.8 Å². The van der Waals surface area contributed by atoms with Crippen LogP contribution >= 0.6 is 0 Å². The Morgan fingerprint density at radius 1 is 0.882 bits per heavy atom. The standard InChI is InChI=1S/C26H32N6O2/c1-31-8-10-32(11-9-31)17-19-5-7-23-24(14-19)28-26(27-23)25-15-20(29-30-25)6-4-18-12-21(33-2)16-22(13-18)34-3/h5,7,12-16H,4,6,8-11,17H2,1-3H3,(H,27,28)(H,29,30). The van der Waals surface area contributed by atoms with Crippen LogP contribution in [0.4, 0.5) is 0 Å². The van der Waals surface area contributed by atoms with E-state index < -0.39 is 0 Å². The van der Waals surface area contributed by atoms with E-state index >= 15 is 0 Å². The lowest BCUT2D eigenvalue weighted by molar-refractivity contribution is 0.148. The molecule has 1 saturated heterocycles. The molecule has 1 aliphatic heterocycles. The van der Waals surface area contributed by atoms with Crippen LogP contribution in [0.5, 0.6) is 11.5 Å². The van der Waals surface area contributed by atoms with Crippen LogP contribution in [0.15, 0.2) is 42.5 Å². The van der Waals surface area contributed by atoms with E-state index in [9.17, 15) is 0 Å². The maximum absolute atomic E-state index is 5.38. The fraction of sp³-hybridized carbons (Fsp3) is 0.385. The number of piperazine rings is 1. The lowest BCUT2D eigenvalue weighted by Gasteiger charge is -2.32. The number of nitrogens with zero attached hydrogens (tertiary/aromatic N) is 4. The van der Waals surface area contributed by atoms with E-state index in [-0.39, 0.29) is 0 Å². The number of H-pyrrole nitrogens is 2. The molecule has 178 valence electrons. The first-order chi connectivity index (χ1) is 16.6. The zero-order chi connectivity index (χ0) is 23.5. The minimum atomic E-state index is 0.789. The average molecular weight is 461 g/mol. The Hall–Kier alpha value is -3.36. The van der Waals surface area contributed by atoms with Crippen LogP contribution < -0.4 is 9.47 Å². The number of fused-ring (bicyclic) bond motifs is 1. The summed E-state index contributed by atoms with van der Waals surface area (Å²) in [5.74, 6) is 2.39. The maximum atomic E-state index is 5.38. The Labute approximate surface area is 199 Å². The number of ether oxygens (including phenoxy) is 2. The third-order valence-corrected chi connectivity index (χ3v) is 6.52. The molecule has 3 heterocycles. The maximum Gasteiger partial charge on any atom is 0.159 e. The molecule has 0 unspecified atom stereocenters. The normalized spacial score (nSPS) is 15.1. The van der Waals surface area contributed by atoms with Gasteiger partial charge in [0.05, 0.1) is 25.3 Å². The van der Waals surface area contributed by atoms with Gasteiger partial charge in [-0.15, -0.1) is 0 Å². The van der Waals surface area contributed by atoms with Gasteiger partial charge in [0.2, 0.25) is 0 Å². The van der Waals surface area contributed by atoms with Crippen LogP contribution in [0.25, 0.3) is 22.6 Å². The van der Waals surface area contributed by atoms with Gasteiger partial charge in [0.15, 0.2) is 5.82 Å². The van der Waals surface area contributed by atoms with Crippen molar-refractivity contribution in [1.29, 1.82) is 0 Å². The predicted octanol–water partition coefficient (Wildman–Crippen LogP) is 3.50. The lowest BCUT2D eigenvalue weighted by atomic mass is 10.1. The van der Waals surface area contributed by atoms with Gasteiger partial charge in [-0.05, 0) is 61.3 Å². The van der Waals surface area contributed by atoms with Crippen molar-refractivity contribution in [1.82, 2.24) is 30.0 Å². The van der Waals surface area contributed by atoms with Crippen molar-refractivity contribution in [3.8, 4) is 23.0 Å². The van der Waals surface area contributed by atoms with Gasteiger partial charge in [0.1, 0.15) is 17.2 Å². The molecule has 0 saturated carbocycles. The molecule has 4 aromatic rings. The predicted molar refractivity (Wildman–Crippen MR) is 133 cm³/mol. The monoisotopic (exact) mass is 460 g/mol. The molecule has 0 radical (unpaired) electrons. The van der Waals surface area contributed by atoms with Gasteiger partial charge >= 0.3 is 0 Å². The second kappa shape index (κ2) is 9.87.